The van der Waals surface area contributed by atoms with E-state index in [0.29, 0.717) is 22.6 Å². The van der Waals surface area contributed by atoms with E-state index in [9.17, 15) is 13.6 Å². The molecule has 1 aliphatic rings. The molecule has 28 heavy (non-hydrogen) atoms. The monoisotopic (exact) mass is 394 g/mol. The third kappa shape index (κ3) is 4.22. The van der Waals surface area contributed by atoms with Crippen LogP contribution in [-0.2, 0) is 0 Å². The number of ether oxygens (including phenoxy) is 5. The number of benzene rings is 2. The molecule has 148 valence electrons. The molecule has 1 aliphatic heterocycles. The van der Waals surface area contributed by atoms with Crippen LogP contribution in [0.1, 0.15) is 15.9 Å². The van der Waals surface area contributed by atoms with Gasteiger partial charge in [0.15, 0.2) is 23.0 Å². The fourth-order valence-electron chi connectivity index (χ4n) is 2.45. The number of amides is 1. The first kappa shape index (κ1) is 19.2. The summed E-state index contributed by atoms with van der Waals surface area (Å²) in [7, 11) is 2.60. The SMILES string of the molecule is COc1cc(/C=N\NC(=O)c2ccc3c(c2)OCO3)cc(OC)c1OC(F)F. The number of rotatable bonds is 7. The van der Waals surface area contributed by atoms with Crippen molar-refractivity contribution in [1.82, 2.24) is 5.43 Å². The minimum Gasteiger partial charge on any atom is -0.493 e. The van der Waals surface area contributed by atoms with Crippen molar-refractivity contribution in [2.75, 3.05) is 21.0 Å². The summed E-state index contributed by atoms with van der Waals surface area (Å²) < 4.78 is 50.1. The van der Waals surface area contributed by atoms with Crippen molar-refractivity contribution in [3.63, 3.8) is 0 Å². The second kappa shape index (κ2) is 8.42. The minimum atomic E-state index is -3.04. The van der Waals surface area contributed by atoms with Crippen molar-refractivity contribution < 1.29 is 37.3 Å². The third-order valence-electron chi connectivity index (χ3n) is 3.70. The smallest absolute Gasteiger partial charge is 0.387 e. The maximum atomic E-state index is 12.6. The average molecular weight is 394 g/mol. The molecule has 0 fully saturated rings. The van der Waals surface area contributed by atoms with Gasteiger partial charge < -0.3 is 23.7 Å². The molecule has 1 amide bonds. The highest BCUT2D eigenvalue weighted by atomic mass is 19.3. The van der Waals surface area contributed by atoms with Gasteiger partial charge in [0.25, 0.3) is 5.91 Å². The Balaban J connectivity index is 1.73. The number of hydrazone groups is 1. The van der Waals surface area contributed by atoms with Gasteiger partial charge in [0, 0.05) is 11.1 Å². The molecule has 1 N–H and O–H groups in total. The predicted octanol–water partition coefficient (Wildman–Crippen LogP) is 2.80. The fraction of sp³-hybridized carbons (Fsp3) is 0.222. The summed E-state index contributed by atoms with van der Waals surface area (Å²) in [6.45, 7) is -2.93. The number of carbonyl (C=O) groups excluding carboxylic acids is 1. The van der Waals surface area contributed by atoms with Crippen LogP contribution in [0, 0.1) is 0 Å². The number of alkyl halides is 2. The first-order valence-electron chi connectivity index (χ1n) is 7.95. The average Bonchev–Trinajstić information content (AvgIpc) is 3.16. The summed E-state index contributed by atoms with van der Waals surface area (Å²) in [5.41, 5.74) is 3.12. The number of nitrogens with one attached hydrogen (secondary N) is 1. The Kier molecular flexibility index (Phi) is 5.78. The van der Waals surface area contributed by atoms with Crippen LogP contribution in [0.15, 0.2) is 35.4 Å². The Labute approximate surface area is 158 Å². The van der Waals surface area contributed by atoms with Crippen molar-refractivity contribution in [2.24, 2.45) is 5.10 Å². The zero-order valence-corrected chi connectivity index (χ0v) is 14.9. The van der Waals surface area contributed by atoms with Crippen LogP contribution in [0.5, 0.6) is 28.7 Å². The number of carbonyl (C=O) groups is 1. The zero-order chi connectivity index (χ0) is 20.1. The molecule has 0 spiro atoms. The fourth-order valence-corrected chi connectivity index (χ4v) is 2.45. The lowest BCUT2D eigenvalue weighted by molar-refractivity contribution is -0.0526. The number of hydrogen-bond donors (Lipinski definition) is 1. The highest BCUT2D eigenvalue weighted by Gasteiger charge is 2.18. The van der Waals surface area contributed by atoms with Gasteiger partial charge in [0.05, 0.1) is 20.4 Å². The van der Waals surface area contributed by atoms with E-state index >= 15 is 0 Å². The largest absolute Gasteiger partial charge is 0.493 e. The number of halogens is 2. The van der Waals surface area contributed by atoms with Gasteiger partial charge in [0.2, 0.25) is 12.5 Å². The number of methoxy groups -OCH3 is 2. The van der Waals surface area contributed by atoms with Crippen molar-refractivity contribution in [1.29, 1.82) is 0 Å². The lowest BCUT2D eigenvalue weighted by Gasteiger charge is -2.14. The molecule has 0 saturated carbocycles. The second-order valence-corrected chi connectivity index (χ2v) is 5.40. The topological polar surface area (TPSA) is 87.6 Å². The van der Waals surface area contributed by atoms with E-state index in [1.165, 1.54) is 38.6 Å². The zero-order valence-electron chi connectivity index (χ0n) is 14.9. The van der Waals surface area contributed by atoms with E-state index in [0.717, 1.165) is 0 Å². The second-order valence-electron chi connectivity index (χ2n) is 5.40. The summed E-state index contributed by atoms with van der Waals surface area (Å²) >= 11 is 0. The summed E-state index contributed by atoms with van der Waals surface area (Å²) in [6.07, 6.45) is 1.31. The van der Waals surface area contributed by atoms with Crippen LogP contribution in [0.4, 0.5) is 8.78 Å². The van der Waals surface area contributed by atoms with E-state index in [-0.39, 0.29) is 24.0 Å². The summed E-state index contributed by atoms with van der Waals surface area (Å²) in [5.74, 6) is 0.394. The molecule has 0 aromatic heterocycles. The van der Waals surface area contributed by atoms with Gasteiger partial charge in [-0.2, -0.15) is 13.9 Å². The lowest BCUT2D eigenvalue weighted by Crippen LogP contribution is -2.17. The van der Waals surface area contributed by atoms with Crippen molar-refractivity contribution in [3.05, 3.63) is 41.5 Å². The Hall–Kier alpha value is -3.56. The molecule has 10 heteroatoms. The van der Waals surface area contributed by atoms with Gasteiger partial charge in [-0.05, 0) is 30.3 Å². The van der Waals surface area contributed by atoms with E-state index < -0.39 is 12.5 Å². The predicted molar refractivity (Wildman–Crippen MR) is 93.8 cm³/mol. The normalized spacial score (nSPS) is 12.3. The van der Waals surface area contributed by atoms with Crippen LogP contribution in [0.3, 0.4) is 0 Å². The standard InChI is InChI=1S/C18H16F2N2O6/c1-24-14-5-10(6-15(25-2)16(14)28-18(19)20)8-21-22-17(23)11-3-4-12-13(7-11)27-9-26-12/h3-8,18H,9H2,1-2H3,(H,22,23)/b21-8-. The highest BCUT2D eigenvalue weighted by Crippen LogP contribution is 2.39. The lowest BCUT2D eigenvalue weighted by atomic mass is 10.2. The number of fused-ring (bicyclic) bond motifs is 1. The van der Waals surface area contributed by atoms with Gasteiger partial charge >= 0.3 is 6.61 Å². The van der Waals surface area contributed by atoms with E-state index in [4.69, 9.17) is 18.9 Å². The molecular formula is C18H16F2N2O6. The number of nitrogens with zero attached hydrogens (tertiary/aromatic N) is 1. The van der Waals surface area contributed by atoms with Crippen LogP contribution >= 0.6 is 0 Å². The van der Waals surface area contributed by atoms with Gasteiger partial charge in [-0.3, -0.25) is 4.79 Å². The van der Waals surface area contributed by atoms with Gasteiger partial charge in [-0.15, -0.1) is 0 Å². The Bertz CT molecular complexity index is 879. The molecule has 2 aromatic rings. The molecule has 0 atom stereocenters. The molecule has 3 rings (SSSR count). The minimum absolute atomic E-state index is 0.0307. The van der Waals surface area contributed by atoms with Gasteiger partial charge in [-0.25, -0.2) is 5.43 Å². The van der Waals surface area contributed by atoms with Crippen molar-refractivity contribution in [3.8, 4) is 28.7 Å². The molecule has 0 bridgehead atoms. The van der Waals surface area contributed by atoms with Crippen molar-refractivity contribution >= 4 is 12.1 Å². The van der Waals surface area contributed by atoms with Gasteiger partial charge in [0.1, 0.15) is 0 Å². The first-order chi connectivity index (χ1) is 13.5. The first-order valence-corrected chi connectivity index (χ1v) is 7.95. The molecule has 0 radical (unpaired) electrons. The maximum Gasteiger partial charge on any atom is 0.387 e. The summed E-state index contributed by atoms with van der Waals surface area (Å²) in [6, 6.07) is 7.56. The van der Waals surface area contributed by atoms with Crippen LogP contribution in [0.25, 0.3) is 0 Å². The molecule has 0 unspecified atom stereocenters. The molecule has 1 heterocycles. The number of hydrogen-bond acceptors (Lipinski definition) is 7. The van der Waals surface area contributed by atoms with Crippen LogP contribution in [0.2, 0.25) is 0 Å². The van der Waals surface area contributed by atoms with E-state index in [2.05, 4.69) is 15.3 Å². The van der Waals surface area contributed by atoms with Crippen molar-refractivity contribution in [2.45, 2.75) is 6.61 Å². The van der Waals surface area contributed by atoms with Gasteiger partial charge in [-0.1, -0.05) is 0 Å². The summed E-state index contributed by atoms with van der Waals surface area (Å²) in [5, 5.41) is 3.86. The Morgan fingerprint density at radius 1 is 1.14 bits per heavy atom. The Morgan fingerprint density at radius 3 is 2.46 bits per heavy atom. The van der Waals surface area contributed by atoms with Crippen LogP contribution < -0.4 is 29.1 Å². The quantitative estimate of drug-likeness (QED) is 0.574. The Morgan fingerprint density at radius 2 is 1.82 bits per heavy atom. The van der Waals surface area contributed by atoms with E-state index in [1.807, 2.05) is 0 Å². The molecule has 0 saturated heterocycles. The summed E-state index contributed by atoms with van der Waals surface area (Å²) in [4.78, 5) is 12.2. The maximum absolute atomic E-state index is 12.6. The van der Waals surface area contributed by atoms with E-state index in [1.54, 1.807) is 12.1 Å². The highest BCUT2D eigenvalue weighted by molar-refractivity contribution is 5.95. The third-order valence-corrected chi connectivity index (χ3v) is 3.70. The molecule has 2 aromatic carbocycles. The molecular weight excluding hydrogens is 378 g/mol. The molecule has 8 nitrogen and oxygen atoms in total. The van der Waals surface area contributed by atoms with Crippen LogP contribution in [-0.4, -0.2) is 39.7 Å². The molecule has 0 aliphatic carbocycles.